The summed E-state index contributed by atoms with van der Waals surface area (Å²) in [6.07, 6.45) is 8.92. The molecule has 0 saturated carbocycles. The van der Waals surface area contributed by atoms with Crippen LogP contribution in [0.1, 0.15) is 60.3 Å². The Morgan fingerprint density at radius 3 is 2.60 bits per heavy atom. The molecule has 0 radical (unpaired) electrons. The fourth-order valence-corrected chi connectivity index (χ4v) is 3.92. The first-order chi connectivity index (χ1) is 11.6. The van der Waals surface area contributed by atoms with Gasteiger partial charge in [-0.3, -0.25) is 4.79 Å². The molecule has 0 unspecified atom stereocenters. The highest BCUT2D eigenvalue weighted by atomic mass is 16.5. The highest BCUT2D eigenvalue weighted by Crippen LogP contribution is 2.49. The molecule has 2 aliphatic carbocycles. The molecule has 3 nitrogen and oxygen atoms in total. The van der Waals surface area contributed by atoms with Crippen molar-refractivity contribution in [1.82, 2.24) is 0 Å². The monoisotopic (exact) mass is 344 g/mol. The van der Waals surface area contributed by atoms with E-state index in [0.717, 1.165) is 42.4 Å². The van der Waals surface area contributed by atoms with Gasteiger partial charge in [0.2, 0.25) is 0 Å². The Kier molecular flexibility index (Phi) is 6.10. The molecular weight excluding hydrogens is 312 g/mol. The second-order valence-corrected chi connectivity index (χ2v) is 7.93. The Bertz CT molecular complexity index is 638. The van der Waals surface area contributed by atoms with E-state index in [-0.39, 0.29) is 23.4 Å². The first kappa shape index (κ1) is 19.7. The van der Waals surface area contributed by atoms with Gasteiger partial charge in [0.05, 0.1) is 6.10 Å². The predicted octanol–water partition coefficient (Wildman–Crippen LogP) is 4.88. The van der Waals surface area contributed by atoms with Crippen LogP contribution in [0.2, 0.25) is 0 Å². The molecule has 0 saturated heterocycles. The van der Waals surface area contributed by atoms with Crippen molar-refractivity contribution >= 4 is 5.97 Å². The highest BCUT2D eigenvalue weighted by molar-refractivity contribution is 5.66. The molecule has 2 aliphatic rings. The third kappa shape index (κ3) is 4.33. The average molecular weight is 344 g/mol. The zero-order valence-electron chi connectivity index (χ0n) is 16.3. The normalized spacial score (nSPS) is 38.2. The standard InChI is InChI=1S/C22H32O3/c1-14-8-7-9-15(2)12-20(24)19-13-21(25-18(5)23)17(4)22(6,11-10-14)16(19)3/h8,12-13,17,20-21,24H,3,7,9-11H2,1-2,4-6H3/b14-8+,15-12+/t17-,20+,21+,22-/m1/s1. The number of fused-ring (bicyclic) bond motifs is 2. The van der Waals surface area contributed by atoms with E-state index in [1.807, 2.05) is 12.2 Å². The van der Waals surface area contributed by atoms with Crippen molar-refractivity contribution in [1.29, 1.82) is 0 Å². The molecule has 2 rings (SSSR count). The smallest absolute Gasteiger partial charge is 0.303 e. The van der Waals surface area contributed by atoms with E-state index < -0.39 is 6.10 Å². The third-order valence-corrected chi connectivity index (χ3v) is 6.01. The van der Waals surface area contributed by atoms with Crippen molar-refractivity contribution in [2.24, 2.45) is 11.3 Å². The van der Waals surface area contributed by atoms with E-state index in [9.17, 15) is 9.90 Å². The number of aliphatic hydroxyl groups is 1. The summed E-state index contributed by atoms with van der Waals surface area (Å²) < 4.78 is 5.58. The Morgan fingerprint density at radius 2 is 1.96 bits per heavy atom. The van der Waals surface area contributed by atoms with Crippen molar-refractivity contribution < 1.29 is 14.6 Å². The number of ether oxygens (including phenoxy) is 1. The van der Waals surface area contributed by atoms with E-state index >= 15 is 0 Å². The van der Waals surface area contributed by atoms with Crippen LogP contribution in [-0.4, -0.2) is 23.3 Å². The largest absolute Gasteiger partial charge is 0.458 e. The van der Waals surface area contributed by atoms with Crippen LogP contribution in [-0.2, 0) is 9.53 Å². The van der Waals surface area contributed by atoms with Crippen LogP contribution in [0.25, 0.3) is 0 Å². The lowest BCUT2D eigenvalue weighted by Crippen LogP contribution is -2.42. The van der Waals surface area contributed by atoms with Crippen LogP contribution >= 0.6 is 0 Å². The van der Waals surface area contributed by atoms with Gasteiger partial charge in [0.1, 0.15) is 6.10 Å². The molecule has 0 aromatic heterocycles. The molecule has 4 atom stereocenters. The quantitative estimate of drug-likeness (QED) is 0.544. The van der Waals surface area contributed by atoms with E-state index in [1.165, 1.54) is 12.5 Å². The van der Waals surface area contributed by atoms with Gasteiger partial charge in [0, 0.05) is 12.8 Å². The Morgan fingerprint density at radius 1 is 1.28 bits per heavy atom. The van der Waals surface area contributed by atoms with E-state index in [0.29, 0.717) is 0 Å². The van der Waals surface area contributed by atoms with Crippen LogP contribution in [0, 0.1) is 11.3 Å². The molecule has 1 N–H and O–H groups in total. The Labute approximate surface area is 152 Å². The number of hydrogen-bond donors (Lipinski definition) is 1. The third-order valence-electron chi connectivity index (χ3n) is 6.01. The van der Waals surface area contributed by atoms with Gasteiger partial charge in [-0.05, 0) is 62.2 Å². The fourth-order valence-electron chi connectivity index (χ4n) is 3.92. The number of hydrogen-bond acceptors (Lipinski definition) is 3. The van der Waals surface area contributed by atoms with Gasteiger partial charge >= 0.3 is 5.97 Å². The Balaban J connectivity index is 2.52. The zero-order chi connectivity index (χ0) is 18.8. The van der Waals surface area contributed by atoms with Crippen LogP contribution in [0.5, 0.6) is 0 Å². The van der Waals surface area contributed by atoms with Crippen molar-refractivity contribution in [2.45, 2.75) is 72.5 Å². The number of carbonyl (C=O) groups excluding carboxylic acids is 1. The number of aliphatic hydroxyl groups excluding tert-OH is 1. The van der Waals surface area contributed by atoms with Gasteiger partial charge in [-0.15, -0.1) is 0 Å². The maximum Gasteiger partial charge on any atom is 0.303 e. The molecule has 3 heteroatoms. The van der Waals surface area contributed by atoms with Crippen LogP contribution in [0.15, 0.2) is 47.1 Å². The minimum absolute atomic E-state index is 0.112. The summed E-state index contributed by atoms with van der Waals surface area (Å²) in [4.78, 5) is 11.6. The number of allylic oxidation sites excluding steroid dienone is 3. The van der Waals surface area contributed by atoms with Crippen molar-refractivity contribution in [3.05, 3.63) is 47.1 Å². The number of esters is 1. The molecule has 0 aliphatic heterocycles. The predicted molar refractivity (Wildman–Crippen MR) is 102 cm³/mol. The van der Waals surface area contributed by atoms with Gasteiger partial charge in [0.15, 0.2) is 0 Å². The average Bonchev–Trinajstić information content (AvgIpc) is 2.52. The summed E-state index contributed by atoms with van der Waals surface area (Å²) >= 11 is 0. The van der Waals surface area contributed by atoms with Gasteiger partial charge in [-0.2, -0.15) is 0 Å². The minimum atomic E-state index is -0.707. The zero-order valence-corrected chi connectivity index (χ0v) is 16.3. The summed E-state index contributed by atoms with van der Waals surface area (Å²) in [6, 6.07) is 0. The molecule has 0 aromatic rings. The van der Waals surface area contributed by atoms with Crippen LogP contribution < -0.4 is 0 Å². The molecule has 2 bridgehead atoms. The number of carbonyl (C=O) groups is 1. The summed E-state index contributed by atoms with van der Waals surface area (Å²) in [5.41, 5.74) is 4.09. The molecule has 138 valence electrons. The molecule has 0 aromatic carbocycles. The highest BCUT2D eigenvalue weighted by Gasteiger charge is 2.44. The number of rotatable bonds is 1. The summed E-state index contributed by atoms with van der Waals surface area (Å²) in [6.45, 7) is 14.3. The van der Waals surface area contributed by atoms with E-state index in [4.69, 9.17) is 4.74 Å². The maximum absolute atomic E-state index is 11.6. The first-order valence-electron chi connectivity index (χ1n) is 9.25. The van der Waals surface area contributed by atoms with Crippen molar-refractivity contribution in [3.63, 3.8) is 0 Å². The van der Waals surface area contributed by atoms with Gasteiger partial charge in [-0.1, -0.05) is 43.7 Å². The van der Waals surface area contributed by atoms with Crippen LogP contribution in [0.3, 0.4) is 0 Å². The maximum atomic E-state index is 11.6. The molecule has 0 fully saturated rings. The lowest BCUT2D eigenvalue weighted by Gasteiger charge is -2.46. The summed E-state index contributed by atoms with van der Waals surface area (Å²) in [7, 11) is 0. The van der Waals surface area contributed by atoms with Gasteiger partial charge in [0.25, 0.3) is 0 Å². The first-order valence-corrected chi connectivity index (χ1v) is 9.25. The topological polar surface area (TPSA) is 46.5 Å². The summed E-state index contributed by atoms with van der Waals surface area (Å²) in [5.74, 6) is -0.179. The summed E-state index contributed by atoms with van der Waals surface area (Å²) in [5, 5.41) is 10.8. The minimum Gasteiger partial charge on any atom is -0.458 e. The van der Waals surface area contributed by atoms with Crippen LogP contribution in [0.4, 0.5) is 0 Å². The second kappa shape index (κ2) is 7.74. The van der Waals surface area contributed by atoms with Gasteiger partial charge < -0.3 is 9.84 Å². The SMILES string of the molecule is C=C1C2=C[C@H](OC(C)=O)[C@@H](C)[C@]1(C)CC/C(C)=C/CC/C(C)=C/[C@@H]2O. The van der Waals surface area contributed by atoms with Crippen molar-refractivity contribution in [2.75, 3.05) is 0 Å². The molecule has 0 heterocycles. The van der Waals surface area contributed by atoms with E-state index in [1.54, 1.807) is 0 Å². The molecule has 0 spiro atoms. The van der Waals surface area contributed by atoms with Crippen molar-refractivity contribution in [3.8, 4) is 0 Å². The second-order valence-electron chi connectivity index (χ2n) is 7.93. The molecular formula is C22H32O3. The van der Waals surface area contributed by atoms with Gasteiger partial charge in [-0.25, -0.2) is 0 Å². The fraction of sp³-hybridized carbons (Fsp3) is 0.591. The molecule has 25 heavy (non-hydrogen) atoms. The molecule has 0 amide bonds. The Hall–Kier alpha value is -1.61. The lowest BCUT2D eigenvalue weighted by atomic mass is 9.61. The lowest BCUT2D eigenvalue weighted by molar-refractivity contribution is -0.148. The van der Waals surface area contributed by atoms with E-state index in [2.05, 4.69) is 40.3 Å².